The number of fused-ring (bicyclic) bond motifs is 1. The maximum atomic E-state index is 14.7. The molecule has 1 aromatic heterocycles. The van der Waals surface area contributed by atoms with Crippen molar-refractivity contribution in [3.8, 4) is 11.5 Å². The van der Waals surface area contributed by atoms with E-state index in [4.69, 9.17) is 14.6 Å². The molecule has 9 nitrogen and oxygen atoms in total. The minimum Gasteiger partial charge on any atom is -0.494 e. The van der Waals surface area contributed by atoms with Crippen molar-refractivity contribution in [2.45, 2.75) is 40.0 Å². The summed E-state index contributed by atoms with van der Waals surface area (Å²) in [5.41, 5.74) is 5.16. The number of ether oxygens (including phenoxy) is 2. The fourth-order valence-corrected chi connectivity index (χ4v) is 5.10. The van der Waals surface area contributed by atoms with E-state index in [1.54, 1.807) is 25.4 Å². The van der Waals surface area contributed by atoms with Crippen LogP contribution >= 0.6 is 0 Å². The molecule has 1 unspecified atom stereocenters. The number of carbonyl (C=O) groups is 2. The Bertz CT molecular complexity index is 1530. The monoisotopic (exact) mass is 545 g/mol. The van der Waals surface area contributed by atoms with Gasteiger partial charge in [-0.1, -0.05) is 13.0 Å². The van der Waals surface area contributed by atoms with Crippen LogP contribution in [0.25, 0.3) is 10.9 Å². The quantitative estimate of drug-likeness (QED) is 0.393. The molecule has 0 aliphatic carbocycles. The van der Waals surface area contributed by atoms with E-state index in [1.807, 2.05) is 45.0 Å². The minimum atomic E-state index is -0.804. The Morgan fingerprint density at radius 2 is 1.93 bits per heavy atom. The Morgan fingerprint density at radius 1 is 1.12 bits per heavy atom. The van der Waals surface area contributed by atoms with Crippen molar-refractivity contribution < 1.29 is 23.5 Å². The number of aromatic nitrogens is 1. The van der Waals surface area contributed by atoms with Gasteiger partial charge in [0, 0.05) is 41.6 Å². The third kappa shape index (κ3) is 5.13. The second-order valence-electron chi connectivity index (χ2n) is 10.6. The molecule has 5 rings (SSSR count). The zero-order chi connectivity index (χ0) is 28.4. The lowest BCUT2D eigenvalue weighted by Crippen LogP contribution is -2.35. The smallest absolute Gasteiger partial charge is 0.254 e. The normalized spacial score (nSPS) is 18.4. The molecule has 0 saturated carbocycles. The highest BCUT2D eigenvalue weighted by Gasteiger charge is 2.44. The highest BCUT2D eigenvalue weighted by atomic mass is 19.1. The van der Waals surface area contributed by atoms with Gasteiger partial charge in [0.25, 0.3) is 5.91 Å². The predicted octanol–water partition coefficient (Wildman–Crippen LogP) is 4.67. The molecule has 0 bridgehead atoms. The maximum Gasteiger partial charge on any atom is 0.254 e. The SMILES string of the molecule is COc1ccc(C2=NN(CCCCOc3ccc(C4=NNC(=O)CC4C)cc3F)C(=O)C2(C)C)c2cccnc12. The zero-order valence-corrected chi connectivity index (χ0v) is 23.0. The number of halogens is 1. The average molecular weight is 546 g/mol. The Morgan fingerprint density at radius 3 is 2.67 bits per heavy atom. The van der Waals surface area contributed by atoms with Gasteiger partial charge >= 0.3 is 0 Å². The molecule has 2 amide bonds. The van der Waals surface area contributed by atoms with Crippen LogP contribution < -0.4 is 14.9 Å². The second kappa shape index (κ2) is 11.0. The molecule has 0 saturated heterocycles. The summed E-state index contributed by atoms with van der Waals surface area (Å²) in [5, 5.41) is 11.2. The van der Waals surface area contributed by atoms with Crippen molar-refractivity contribution in [2.75, 3.05) is 20.3 Å². The molecule has 40 heavy (non-hydrogen) atoms. The van der Waals surface area contributed by atoms with Crippen molar-refractivity contribution >= 4 is 34.1 Å². The van der Waals surface area contributed by atoms with Gasteiger partial charge in [-0.15, -0.1) is 0 Å². The lowest BCUT2D eigenvalue weighted by molar-refractivity contribution is -0.135. The average Bonchev–Trinajstić information content (AvgIpc) is 3.16. The van der Waals surface area contributed by atoms with E-state index in [0.717, 1.165) is 16.5 Å². The first-order chi connectivity index (χ1) is 19.2. The zero-order valence-electron chi connectivity index (χ0n) is 23.0. The Kier molecular flexibility index (Phi) is 7.51. The van der Waals surface area contributed by atoms with Gasteiger partial charge in [0.05, 0.1) is 30.6 Å². The number of carbonyl (C=O) groups excluding carboxylic acids is 2. The highest BCUT2D eigenvalue weighted by Crippen LogP contribution is 2.36. The van der Waals surface area contributed by atoms with Gasteiger partial charge in [-0.2, -0.15) is 10.2 Å². The molecule has 2 aliphatic rings. The lowest BCUT2D eigenvalue weighted by atomic mass is 9.82. The number of amides is 2. The molecule has 1 N–H and O–H groups in total. The van der Waals surface area contributed by atoms with Gasteiger partial charge in [0.15, 0.2) is 11.6 Å². The molecule has 3 heterocycles. The number of nitrogens with one attached hydrogen (secondary N) is 1. The van der Waals surface area contributed by atoms with Crippen LogP contribution in [0, 0.1) is 17.2 Å². The number of unbranched alkanes of at least 4 members (excludes halogenated alkanes) is 1. The molecular formula is C30H32FN5O4. The van der Waals surface area contributed by atoms with Crippen LogP contribution in [-0.2, 0) is 9.59 Å². The van der Waals surface area contributed by atoms with Crippen LogP contribution in [-0.4, -0.2) is 53.5 Å². The van der Waals surface area contributed by atoms with E-state index < -0.39 is 11.2 Å². The van der Waals surface area contributed by atoms with Crippen molar-refractivity contribution in [3.63, 3.8) is 0 Å². The first-order valence-electron chi connectivity index (χ1n) is 13.3. The summed E-state index contributed by atoms with van der Waals surface area (Å²) in [5.74, 6) is 0.00213. The molecule has 10 heteroatoms. The first-order valence-corrected chi connectivity index (χ1v) is 13.3. The first kappa shape index (κ1) is 27.2. The molecule has 2 aliphatic heterocycles. The number of methoxy groups -OCH3 is 1. The van der Waals surface area contributed by atoms with Crippen LogP contribution in [0.1, 0.15) is 51.2 Å². The van der Waals surface area contributed by atoms with Gasteiger partial charge in [-0.05, 0) is 63.1 Å². The molecule has 2 aromatic carbocycles. The van der Waals surface area contributed by atoms with Crippen molar-refractivity contribution in [1.82, 2.24) is 15.4 Å². The molecule has 208 valence electrons. The Balaban J connectivity index is 1.21. The summed E-state index contributed by atoms with van der Waals surface area (Å²) in [4.78, 5) is 29.2. The number of hydrogen-bond donors (Lipinski definition) is 1. The number of nitrogens with zero attached hydrogens (tertiary/aromatic N) is 4. The fourth-order valence-electron chi connectivity index (χ4n) is 5.10. The third-order valence-electron chi connectivity index (χ3n) is 7.30. The Hall–Kier alpha value is -4.34. The molecule has 0 fully saturated rings. The molecule has 0 spiro atoms. The van der Waals surface area contributed by atoms with E-state index in [1.165, 1.54) is 11.1 Å². The number of hydrazone groups is 2. The van der Waals surface area contributed by atoms with Crippen LogP contribution in [0.2, 0.25) is 0 Å². The lowest BCUT2D eigenvalue weighted by Gasteiger charge is -2.20. The molecular weight excluding hydrogens is 513 g/mol. The number of hydrogen-bond acceptors (Lipinski definition) is 7. The second-order valence-corrected chi connectivity index (χ2v) is 10.6. The highest BCUT2D eigenvalue weighted by molar-refractivity contribution is 6.23. The predicted molar refractivity (Wildman–Crippen MR) is 150 cm³/mol. The van der Waals surface area contributed by atoms with Gasteiger partial charge < -0.3 is 9.47 Å². The van der Waals surface area contributed by atoms with Gasteiger partial charge in [-0.25, -0.2) is 14.8 Å². The van der Waals surface area contributed by atoms with Gasteiger partial charge in [0.1, 0.15) is 11.3 Å². The fraction of sp³-hybridized carbons (Fsp3) is 0.367. The number of rotatable bonds is 9. The number of pyridine rings is 1. The molecule has 0 radical (unpaired) electrons. The molecule has 3 aromatic rings. The van der Waals surface area contributed by atoms with E-state index >= 15 is 0 Å². The Labute approximate surface area is 232 Å². The van der Waals surface area contributed by atoms with E-state index in [2.05, 4.69) is 15.5 Å². The van der Waals surface area contributed by atoms with Crippen molar-refractivity contribution in [2.24, 2.45) is 21.5 Å². The molecule has 1 atom stereocenters. The maximum absolute atomic E-state index is 14.7. The largest absolute Gasteiger partial charge is 0.494 e. The summed E-state index contributed by atoms with van der Waals surface area (Å²) in [6.45, 7) is 6.36. The van der Waals surface area contributed by atoms with Gasteiger partial charge in [-0.3, -0.25) is 14.6 Å². The topological polar surface area (TPSA) is 105 Å². The summed E-state index contributed by atoms with van der Waals surface area (Å²) < 4.78 is 25.8. The third-order valence-corrected chi connectivity index (χ3v) is 7.30. The van der Waals surface area contributed by atoms with Crippen LogP contribution in [0.15, 0.2) is 58.9 Å². The summed E-state index contributed by atoms with van der Waals surface area (Å²) in [6, 6.07) is 12.3. The van der Waals surface area contributed by atoms with E-state index in [-0.39, 0.29) is 23.5 Å². The van der Waals surface area contributed by atoms with Crippen LogP contribution in [0.5, 0.6) is 11.5 Å². The summed E-state index contributed by atoms with van der Waals surface area (Å²) in [6.07, 6.45) is 3.27. The summed E-state index contributed by atoms with van der Waals surface area (Å²) >= 11 is 0. The summed E-state index contributed by atoms with van der Waals surface area (Å²) in [7, 11) is 1.60. The van der Waals surface area contributed by atoms with Gasteiger partial charge in [0.2, 0.25) is 5.91 Å². The van der Waals surface area contributed by atoms with Crippen molar-refractivity contribution in [3.05, 3.63) is 65.6 Å². The van der Waals surface area contributed by atoms with Crippen LogP contribution in [0.4, 0.5) is 4.39 Å². The van der Waals surface area contributed by atoms with Crippen LogP contribution in [0.3, 0.4) is 0 Å². The van der Waals surface area contributed by atoms with Crippen molar-refractivity contribution in [1.29, 1.82) is 0 Å². The standard InChI is InChI=1S/C30H32FN5O4/c1-18-16-25(37)33-34-26(18)19-9-11-23(22(31)17-19)40-15-6-5-14-36-29(38)30(2,3)28(35-36)21-10-12-24(39-4)27-20(21)8-7-13-32-27/h7-13,17-18H,5-6,14-16H2,1-4H3,(H,33,37). The minimum absolute atomic E-state index is 0.0750. The van der Waals surface area contributed by atoms with E-state index in [9.17, 15) is 14.0 Å². The number of benzene rings is 2. The van der Waals surface area contributed by atoms with E-state index in [0.29, 0.717) is 55.2 Å².